The van der Waals surface area contributed by atoms with Gasteiger partial charge in [-0.05, 0) is 12.3 Å². The summed E-state index contributed by atoms with van der Waals surface area (Å²) >= 11 is 0. The number of allylic oxidation sites excluding steroid dienone is 4. The van der Waals surface area contributed by atoms with E-state index in [9.17, 15) is 0 Å². The molecule has 0 amide bonds. The van der Waals surface area contributed by atoms with E-state index in [0.717, 1.165) is 11.9 Å². The monoisotopic (exact) mass is 104 g/mol. The molecule has 0 aliphatic heterocycles. The predicted molar refractivity (Wildman–Crippen MR) is 36.8 cm³/mol. The van der Waals surface area contributed by atoms with Crippen molar-refractivity contribution >= 4 is 7.85 Å². The maximum Gasteiger partial charge on any atom is 0.113 e. The van der Waals surface area contributed by atoms with Gasteiger partial charge in [0.2, 0.25) is 0 Å². The van der Waals surface area contributed by atoms with Crippen molar-refractivity contribution in [1.29, 1.82) is 0 Å². The van der Waals surface area contributed by atoms with Gasteiger partial charge in [-0.1, -0.05) is 25.2 Å². The molecule has 1 unspecified atom stereocenters. The summed E-state index contributed by atoms with van der Waals surface area (Å²) < 4.78 is 0. The van der Waals surface area contributed by atoms with Crippen LogP contribution in [-0.2, 0) is 0 Å². The lowest BCUT2D eigenvalue weighted by atomic mass is 9.87. The van der Waals surface area contributed by atoms with Gasteiger partial charge in [-0.15, -0.1) is 5.47 Å². The molecule has 40 valence electrons. The molecule has 8 heavy (non-hydrogen) atoms. The Hall–Kier alpha value is -0.455. The Balaban J connectivity index is 2.58. The molecule has 0 aromatic heterocycles. The summed E-state index contributed by atoms with van der Waals surface area (Å²) in [6.07, 6.45) is 7.26. The standard InChI is InChI=1S/C7H9B/c1-6-2-4-7(8)5-3-6/h2,4-6H,3H2,1H3. The average molecular weight is 104 g/mol. The number of hydrogen-bond donors (Lipinski definition) is 0. The Morgan fingerprint density at radius 3 is 2.88 bits per heavy atom. The highest BCUT2D eigenvalue weighted by molar-refractivity contribution is 6.23. The summed E-state index contributed by atoms with van der Waals surface area (Å²) in [6.45, 7) is 2.18. The summed E-state index contributed by atoms with van der Waals surface area (Å²) in [6, 6.07) is 0. The minimum atomic E-state index is 0.683. The van der Waals surface area contributed by atoms with E-state index in [0.29, 0.717) is 5.92 Å². The molecule has 1 rings (SSSR count). The minimum absolute atomic E-state index is 0.683. The average Bonchev–Trinajstić information content (AvgIpc) is 1.77. The van der Waals surface area contributed by atoms with Gasteiger partial charge in [0, 0.05) is 0 Å². The van der Waals surface area contributed by atoms with Crippen LogP contribution in [0.3, 0.4) is 0 Å². The van der Waals surface area contributed by atoms with Gasteiger partial charge < -0.3 is 0 Å². The molecular weight excluding hydrogens is 94.9 g/mol. The van der Waals surface area contributed by atoms with E-state index in [1.165, 1.54) is 0 Å². The van der Waals surface area contributed by atoms with Gasteiger partial charge >= 0.3 is 0 Å². The maximum absolute atomic E-state index is 5.47. The summed E-state index contributed by atoms with van der Waals surface area (Å²) in [5.41, 5.74) is 0.906. The molecular formula is C7H9B. The Morgan fingerprint density at radius 2 is 2.50 bits per heavy atom. The van der Waals surface area contributed by atoms with E-state index < -0.39 is 0 Å². The Kier molecular flexibility index (Phi) is 1.57. The van der Waals surface area contributed by atoms with Crippen molar-refractivity contribution in [3.05, 3.63) is 23.7 Å². The third-order valence-electron chi connectivity index (χ3n) is 1.34. The van der Waals surface area contributed by atoms with Crippen LogP contribution >= 0.6 is 0 Å². The van der Waals surface area contributed by atoms with Gasteiger partial charge in [-0.2, -0.15) is 0 Å². The first-order chi connectivity index (χ1) is 3.79. The largest absolute Gasteiger partial charge is 0.113 e. The second-order valence-electron chi connectivity index (χ2n) is 2.28. The van der Waals surface area contributed by atoms with Gasteiger partial charge in [-0.3, -0.25) is 0 Å². The SMILES string of the molecule is [B]C1=CCC(C)C=C1. The molecule has 0 aromatic carbocycles. The van der Waals surface area contributed by atoms with Gasteiger partial charge in [0.15, 0.2) is 0 Å². The van der Waals surface area contributed by atoms with E-state index in [1.807, 2.05) is 6.08 Å². The van der Waals surface area contributed by atoms with Gasteiger partial charge in [0.1, 0.15) is 7.85 Å². The first-order valence-corrected chi connectivity index (χ1v) is 2.93. The van der Waals surface area contributed by atoms with Crippen molar-refractivity contribution in [3.63, 3.8) is 0 Å². The van der Waals surface area contributed by atoms with Crippen LogP contribution < -0.4 is 0 Å². The normalized spacial score (nSPS) is 27.6. The molecule has 0 saturated heterocycles. The van der Waals surface area contributed by atoms with Gasteiger partial charge in [-0.25, -0.2) is 0 Å². The third kappa shape index (κ3) is 1.26. The topological polar surface area (TPSA) is 0 Å². The zero-order valence-electron chi connectivity index (χ0n) is 5.09. The van der Waals surface area contributed by atoms with E-state index in [-0.39, 0.29) is 0 Å². The molecule has 0 spiro atoms. The second kappa shape index (κ2) is 2.21. The lowest BCUT2D eigenvalue weighted by Crippen LogP contribution is -1.93. The van der Waals surface area contributed by atoms with Crippen molar-refractivity contribution < 1.29 is 0 Å². The van der Waals surface area contributed by atoms with Crippen LogP contribution in [0, 0.1) is 5.92 Å². The number of rotatable bonds is 0. The van der Waals surface area contributed by atoms with Gasteiger partial charge in [0.05, 0.1) is 0 Å². The molecule has 0 fully saturated rings. The Morgan fingerprint density at radius 1 is 1.75 bits per heavy atom. The highest BCUT2D eigenvalue weighted by Gasteiger charge is 1.97. The lowest BCUT2D eigenvalue weighted by molar-refractivity contribution is 0.735. The first kappa shape index (κ1) is 5.68. The molecule has 1 aliphatic carbocycles. The zero-order valence-corrected chi connectivity index (χ0v) is 5.09. The lowest BCUT2D eigenvalue weighted by Gasteiger charge is -2.07. The molecule has 1 atom stereocenters. The van der Waals surface area contributed by atoms with Crippen LogP contribution in [0.4, 0.5) is 0 Å². The van der Waals surface area contributed by atoms with Crippen molar-refractivity contribution in [1.82, 2.24) is 0 Å². The van der Waals surface area contributed by atoms with Crippen molar-refractivity contribution in [2.75, 3.05) is 0 Å². The summed E-state index contributed by atoms with van der Waals surface area (Å²) in [7, 11) is 5.47. The molecule has 0 nitrogen and oxygen atoms in total. The third-order valence-corrected chi connectivity index (χ3v) is 1.34. The van der Waals surface area contributed by atoms with Crippen LogP contribution in [0.15, 0.2) is 23.7 Å². The van der Waals surface area contributed by atoms with Crippen LogP contribution in [0.5, 0.6) is 0 Å². The van der Waals surface area contributed by atoms with Crippen LogP contribution in [-0.4, -0.2) is 7.85 Å². The summed E-state index contributed by atoms with van der Waals surface area (Å²) in [5.74, 6) is 0.683. The molecule has 1 heteroatoms. The maximum atomic E-state index is 5.47. The van der Waals surface area contributed by atoms with Crippen molar-refractivity contribution in [3.8, 4) is 0 Å². The molecule has 2 radical (unpaired) electrons. The molecule has 0 saturated carbocycles. The zero-order chi connectivity index (χ0) is 5.98. The fourth-order valence-corrected chi connectivity index (χ4v) is 0.744. The van der Waals surface area contributed by atoms with E-state index >= 15 is 0 Å². The molecule has 0 N–H and O–H groups in total. The molecule has 1 aliphatic rings. The fraction of sp³-hybridized carbons (Fsp3) is 0.429. The van der Waals surface area contributed by atoms with Crippen LogP contribution in [0.25, 0.3) is 0 Å². The smallest absolute Gasteiger partial charge is 0.101 e. The van der Waals surface area contributed by atoms with Crippen molar-refractivity contribution in [2.24, 2.45) is 5.92 Å². The minimum Gasteiger partial charge on any atom is -0.101 e. The summed E-state index contributed by atoms with van der Waals surface area (Å²) in [4.78, 5) is 0. The predicted octanol–water partition coefficient (Wildman–Crippen LogP) is 1.63. The Labute approximate surface area is 51.7 Å². The quantitative estimate of drug-likeness (QED) is 0.409. The highest BCUT2D eigenvalue weighted by atomic mass is 14.0. The molecule has 0 aromatic rings. The molecule has 0 bridgehead atoms. The molecule has 0 heterocycles. The van der Waals surface area contributed by atoms with E-state index in [4.69, 9.17) is 7.85 Å². The van der Waals surface area contributed by atoms with Crippen molar-refractivity contribution in [2.45, 2.75) is 13.3 Å². The van der Waals surface area contributed by atoms with Crippen LogP contribution in [0.2, 0.25) is 0 Å². The summed E-state index contributed by atoms with van der Waals surface area (Å²) in [5, 5.41) is 0. The Bertz CT molecular complexity index is 133. The second-order valence-corrected chi connectivity index (χ2v) is 2.28. The van der Waals surface area contributed by atoms with E-state index in [1.54, 1.807) is 0 Å². The highest BCUT2D eigenvalue weighted by Crippen LogP contribution is 2.12. The first-order valence-electron chi connectivity index (χ1n) is 2.93. The fourth-order valence-electron chi connectivity index (χ4n) is 0.744. The number of hydrogen-bond acceptors (Lipinski definition) is 0. The van der Waals surface area contributed by atoms with Gasteiger partial charge in [0.25, 0.3) is 0 Å². The van der Waals surface area contributed by atoms with E-state index in [2.05, 4.69) is 19.1 Å². The van der Waals surface area contributed by atoms with Crippen LogP contribution in [0.1, 0.15) is 13.3 Å².